The molecular formula is C20H22O. The van der Waals surface area contributed by atoms with Crippen LogP contribution in [0.4, 0.5) is 0 Å². The predicted octanol–water partition coefficient (Wildman–Crippen LogP) is 5.08. The van der Waals surface area contributed by atoms with Crippen LogP contribution in [0.25, 0.3) is 11.1 Å². The Labute approximate surface area is 127 Å². The maximum Gasteiger partial charge on any atom is 0.127 e. The normalized spacial score (nSPS) is 16.1. The van der Waals surface area contributed by atoms with Gasteiger partial charge in [-0.1, -0.05) is 63.2 Å². The van der Waals surface area contributed by atoms with Crippen LogP contribution in [-0.2, 0) is 10.2 Å². The average molecular weight is 278 g/mol. The van der Waals surface area contributed by atoms with E-state index in [2.05, 4.69) is 56.3 Å². The molecule has 0 radical (unpaired) electrons. The van der Waals surface area contributed by atoms with Gasteiger partial charge < -0.3 is 4.79 Å². The molecule has 1 unspecified atom stereocenters. The summed E-state index contributed by atoms with van der Waals surface area (Å²) < 4.78 is 0. The zero-order valence-electron chi connectivity index (χ0n) is 13.0. The van der Waals surface area contributed by atoms with Crippen molar-refractivity contribution >= 4 is 6.29 Å². The molecule has 0 amide bonds. The molecule has 1 aliphatic rings. The second-order valence-electron chi connectivity index (χ2n) is 6.06. The van der Waals surface area contributed by atoms with Crippen LogP contribution in [0.5, 0.6) is 0 Å². The molecule has 0 bridgehead atoms. The third-order valence-electron chi connectivity index (χ3n) is 5.23. The van der Waals surface area contributed by atoms with Crippen molar-refractivity contribution in [2.75, 3.05) is 0 Å². The molecule has 0 heterocycles. The summed E-state index contributed by atoms with van der Waals surface area (Å²) >= 11 is 0. The van der Waals surface area contributed by atoms with Crippen LogP contribution < -0.4 is 0 Å². The van der Waals surface area contributed by atoms with Crippen LogP contribution >= 0.6 is 0 Å². The molecule has 0 N–H and O–H groups in total. The number of aldehydes is 1. The highest BCUT2D eigenvalue weighted by atomic mass is 16.1. The van der Waals surface area contributed by atoms with Gasteiger partial charge in [0.05, 0.1) is 0 Å². The highest BCUT2D eigenvalue weighted by Gasteiger charge is 2.40. The van der Waals surface area contributed by atoms with Crippen LogP contribution in [0, 0.1) is 0 Å². The Morgan fingerprint density at radius 2 is 1.67 bits per heavy atom. The molecule has 0 spiro atoms. The van der Waals surface area contributed by atoms with Crippen molar-refractivity contribution in [1.29, 1.82) is 0 Å². The molecule has 1 heteroatoms. The minimum Gasteiger partial charge on any atom is -0.303 e. The first-order valence-corrected chi connectivity index (χ1v) is 7.87. The van der Waals surface area contributed by atoms with E-state index in [4.69, 9.17) is 0 Å². The van der Waals surface area contributed by atoms with Gasteiger partial charge in [0.2, 0.25) is 0 Å². The molecule has 1 nitrogen and oxygen atoms in total. The van der Waals surface area contributed by atoms with E-state index >= 15 is 0 Å². The van der Waals surface area contributed by atoms with Gasteiger partial charge in [0.15, 0.2) is 0 Å². The summed E-state index contributed by atoms with van der Waals surface area (Å²) in [7, 11) is 0. The summed E-state index contributed by atoms with van der Waals surface area (Å²) in [5, 5.41) is 0. The topological polar surface area (TPSA) is 17.1 Å². The van der Waals surface area contributed by atoms with Crippen LogP contribution in [0.3, 0.4) is 0 Å². The molecule has 0 saturated heterocycles. The fraction of sp³-hybridized carbons (Fsp3) is 0.350. The number of hydrogen-bond donors (Lipinski definition) is 0. The number of carbonyl (C=O) groups excluding carboxylic acids is 1. The van der Waals surface area contributed by atoms with E-state index in [9.17, 15) is 4.79 Å². The molecule has 1 aliphatic carbocycles. The molecule has 0 fully saturated rings. The van der Waals surface area contributed by atoms with Gasteiger partial charge in [-0.2, -0.15) is 0 Å². The fourth-order valence-electron chi connectivity index (χ4n) is 3.85. The maximum absolute atomic E-state index is 11.1. The van der Waals surface area contributed by atoms with Gasteiger partial charge in [-0.15, -0.1) is 0 Å². The Morgan fingerprint density at radius 3 is 2.33 bits per heavy atom. The Morgan fingerprint density at radius 1 is 1.00 bits per heavy atom. The Bertz CT molecular complexity index is 680. The quantitative estimate of drug-likeness (QED) is 0.713. The minimum atomic E-state index is -0.0366. The molecule has 2 aromatic rings. The first-order valence-electron chi connectivity index (χ1n) is 7.87. The predicted molar refractivity (Wildman–Crippen MR) is 87.7 cm³/mol. The third-order valence-corrected chi connectivity index (χ3v) is 5.23. The zero-order valence-corrected chi connectivity index (χ0v) is 13.0. The van der Waals surface area contributed by atoms with Crippen molar-refractivity contribution in [1.82, 2.24) is 0 Å². The molecule has 108 valence electrons. The molecule has 0 aliphatic heterocycles. The van der Waals surface area contributed by atoms with Crippen molar-refractivity contribution in [2.24, 2.45) is 0 Å². The Balaban J connectivity index is 2.28. The average Bonchev–Trinajstić information content (AvgIpc) is 2.84. The summed E-state index contributed by atoms with van der Waals surface area (Å²) in [6.07, 6.45) is 3.21. The van der Waals surface area contributed by atoms with Crippen molar-refractivity contribution in [3.05, 3.63) is 59.2 Å². The summed E-state index contributed by atoms with van der Waals surface area (Å²) in [4.78, 5) is 11.1. The third kappa shape index (κ3) is 1.87. The largest absolute Gasteiger partial charge is 0.303 e. The number of rotatable bonds is 4. The lowest BCUT2D eigenvalue weighted by atomic mass is 9.73. The van der Waals surface area contributed by atoms with Crippen molar-refractivity contribution < 1.29 is 4.79 Å². The Kier molecular flexibility index (Phi) is 3.44. The van der Waals surface area contributed by atoms with E-state index in [1.54, 1.807) is 0 Å². The summed E-state index contributed by atoms with van der Waals surface area (Å²) in [5.74, 6) is -0.0366. The van der Waals surface area contributed by atoms with Crippen molar-refractivity contribution in [3.8, 4) is 11.1 Å². The molecule has 21 heavy (non-hydrogen) atoms. The van der Waals surface area contributed by atoms with E-state index in [-0.39, 0.29) is 11.3 Å². The maximum atomic E-state index is 11.1. The van der Waals surface area contributed by atoms with Crippen LogP contribution in [0.15, 0.2) is 42.5 Å². The Hall–Kier alpha value is -1.89. The van der Waals surface area contributed by atoms with Crippen LogP contribution in [0.2, 0.25) is 0 Å². The highest BCUT2D eigenvalue weighted by molar-refractivity contribution is 5.81. The number of benzene rings is 2. The van der Waals surface area contributed by atoms with E-state index in [0.717, 1.165) is 24.7 Å². The molecule has 0 saturated carbocycles. The van der Waals surface area contributed by atoms with Gasteiger partial charge in [0, 0.05) is 11.3 Å². The monoisotopic (exact) mass is 278 g/mol. The van der Waals surface area contributed by atoms with Gasteiger partial charge in [-0.05, 0) is 40.7 Å². The summed E-state index contributed by atoms with van der Waals surface area (Å²) in [6.45, 7) is 6.51. The van der Waals surface area contributed by atoms with Crippen molar-refractivity contribution in [2.45, 2.75) is 44.9 Å². The van der Waals surface area contributed by atoms with Gasteiger partial charge in [0.1, 0.15) is 6.29 Å². The molecule has 1 atom stereocenters. The lowest BCUT2D eigenvalue weighted by molar-refractivity contribution is -0.108. The first kappa shape index (κ1) is 14.1. The van der Waals surface area contributed by atoms with E-state index in [1.807, 2.05) is 6.92 Å². The van der Waals surface area contributed by atoms with Gasteiger partial charge >= 0.3 is 0 Å². The van der Waals surface area contributed by atoms with Crippen molar-refractivity contribution in [3.63, 3.8) is 0 Å². The summed E-state index contributed by atoms with van der Waals surface area (Å²) in [5.41, 5.74) is 6.78. The minimum absolute atomic E-state index is 0.0366. The number of fused-ring (bicyclic) bond motifs is 3. The fourth-order valence-corrected chi connectivity index (χ4v) is 3.85. The van der Waals surface area contributed by atoms with E-state index < -0.39 is 0 Å². The molecule has 3 rings (SSSR count). The number of hydrogen-bond acceptors (Lipinski definition) is 1. The number of carbonyl (C=O) groups is 1. The van der Waals surface area contributed by atoms with Gasteiger partial charge in [-0.25, -0.2) is 0 Å². The molecule has 2 aromatic carbocycles. The lowest BCUT2D eigenvalue weighted by Crippen LogP contribution is -2.23. The molecular weight excluding hydrogens is 256 g/mol. The smallest absolute Gasteiger partial charge is 0.127 e. The van der Waals surface area contributed by atoms with Crippen LogP contribution in [0.1, 0.15) is 56.2 Å². The standard InChI is InChI=1S/C20H22O/c1-4-20(5-2)18-9-7-6-8-16(18)17-11-10-15(12-19(17)20)14(3)13-21/h6-14H,4-5H2,1-3H3. The van der Waals surface area contributed by atoms with Gasteiger partial charge in [0.25, 0.3) is 0 Å². The second kappa shape index (κ2) is 5.14. The van der Waals surface area contributed by atoms with Gasteiger partial charge in [-0.3, -0.25) is 0 Å². The zero-order chi connectivity index (χ0) is 15.0. The van der Waals surface area contributed by atoms with Crippen LogP contribution in [-0.4, -0.2) is 6.29 Å². The van der Waals surface area contributed by atoms with E-state index in [1.165, 1.54) is 22.3 Å². The lowest BCUT2D eigenvalue weighted by Gasteiger charge is -2.30. The first-order chi connectivity index (χ1) is 10.2. The molecule has 0 aromatic heterocycles. The SMILES string of the molecule is CCC1(CC)c2ccccc2-c2ccc(C(C)C=O)cc21. The highest BCUT2D eigenvalue weighted by Crippen LogP contribution is 2.52. The summed E-state index contributed by atoms with van der Waals surface area (Å²) in [6, 6.07) is 15.3. The van der Waals surface area contributed by atoms with E-state index in [0.29, 0.717) is 0 Å². The second-order valence-corrected chi connectivity index (χ2v) is 6.06.